The number of ether oxygens (including phenoxy) is 1. The maximum absolute atomic E-state index is 11.9. The molecule has 0 fully saturated rings. The molecule has 2 aromatic rings. The largest absolute Gasteiger partial charge is 0.493 e. The molecule has 0 aliphatic rings. The van der Waals surface area contributed by atoms with Crippen LogP contribution in [0.5, 0.6) is 5.75 Å². The Balaban J connectivity index is 2.63. The van der Waals surface area contributed by atoms with Gasteiger partial charge in [0, 0.05) is 5.56 Å². The number of hydrogen-bond acceptors (Lipinski definition) is 8. The van der Waals surface area contributed by atoms with Crippen molar-refractivity contribution >= 4 is 17.3 Å². The molecule has 10 N–H and O–H groups in total. The van der Waals surface area contributed by atoms with Crippen LogP contribution in [-0.4, -0.2) is 22.4 Å². The van der Waals surface area contributed by atoms with Crippen molar-refractivity contribution in [3.63, 3.8) is 0 Å². The first-order chi connectivity index (χ1) is 11.0. The van der Waals surface area contributed by atoms with Crippen LogP contribution in [-0.2, 0) is 0 Å². The molecule has 1 aromatic heterocycles. The maximum atomic E-state index is 11.9. The summed E-state index contributed by atoms with van der Waals surface area (Å²) in [5, 5.41) is 3.44. The molecule has 0 atom stereocenters. The summed E-state index contributed by atoms with van der Waals surface area (Å²) in [5.74, 6) is 11.4. The Labute approximate surface area is 131 Å². The Morgan fingerprint density at radius 1 is 1.48 bits per heavy atom. The molecule has 122 valence electrons. The average molecular weight is 318 g/mol. The Kier molecular flexibility index (Phi) is 4.66. The van der Waals surface area contributed by atoms with Crippen molar-refractivity contribution in [3.05, 3.63) is 34.1 Å². The van der Waals surface area contributed by atoms with Gasteiger partial charge in [-0.2, -0.15) is 5.10 Å². The molecular formula is C13H18N8O2. The van der Waals surface area contributed by atoms with Crippen molar-refractivity contribution in [1.82, 2.24) is 9.97 Å². The fraction of sp³-hybridized carbons (Fsp3) is 0.154. The van der Waals surface area contributed by atoms with Crippen molar-refractivity contribution in [3.8, 4) is 17.1 Å². The number of aromatic amines is 1. The number of benzene rings is 1. The zero-order valence-corrected chi connectivity index (χ0v) is 12.5. The van der Waals surface area contributed by atoms with E-state index in [1.807, 2.05) is 6.92 Å². The molecule has 10 heteroatoms. The maximum Gasteiger partial charge on any atom is 0.276 e. The molecular weight excluding hydrogens is 300 g/mol. The predicted octanol–water partition coefficient (Wildman–Crippen LogP) is -0.718. The van der Waals surface area contributed by atoms with Crippen molar-refractivity contribution < 1.29 is 4.74 Å². The second kappa shape index (κ2) is 6.66. The van der Waals surface area contributed by atoms with Crippen molar-refractivity contribution in [2.45, 2.75) is 6.92 Å². The quantitative estimate of drug-likeness (QED) is 0.180. The molecule has 2 rings (SSSR count). The third-order valence-electron chi connectivity index (χ3n) is 3.06. The van der Waals surface area contributed by atoms with Crippen LogP contribution in [0.4, 0.5) is 11.5 Å². The van der Waals surface area contributed by atoms with E-state index in [2.05, 4.69) is 20.5 Å². The predicted molar refractivity (Wildman–Crippen MR) is 88.6 cm³/mol. The summed E-state index contributed by atoms with van der Waals surface area (Å²) in [6.45, 7) is 2.22. The number of H-pyrrole nitrogens is 1. The summed E-state index contributed by atoms with van der Waals surface area (Å²) in [4.78, 5) is 18.6. The van der Waals surface area contributed by atoms with E-state index < -0.39 is 5.56 Å². The molecule has 0 spiro atoms. The highest BCUT2D eigenvalue weighted by atomic mass is 16.5. The lowest BCUT2D eigenvalue weighted by Crippen LogP contribution is -2.21. The number of aromatic nitrogens is 2. The van der Waals surface area contributed by atoms with E-state index in [0.29, 0.717) is 23.5 Å². The number of nitrogens with one attached hydrogen (secondary N) is 2. The molecule has 0 aliphatic carbocycles. The SMILES string of the molecule is CCOc1cc(/C(N)=N/N)ccc1-c1nc(NN)c(N)c(=O)[nH]1. The molecule has 0 amide bonds. The number of hydrogen-bond donors (Lipinski definition) is 6. The summed E-state index contributed by atoms with van der Waals surface area (Å²) in [5.41, 5.74) is 14.1. The van der Waals surface area contributed by atoms with Crippen LogP contribution in [0, 0.1) is 0 Å². The molecule has 0 aliphatic heterocycles. The van der Waals surface area contributed by atoms with Crippen LogP contribution in [0.25, 0.3) is 11.4 Å². The summed E-state index contributed by atoms with van der Waals surface area (Å²) < 4.78 is 5.57. The minimum atomic E-state index is -0.516. The fourth-order valence-electron chi connectivity index (χ4n) is 1.95. The zero-order chi connectivity index (χ0) is 17.0. The second-order valence-corrected chi connectivity index (χ2v) is 4.48. The lowest BCUT2D eigenvalue weighted by Gasteiger charge is -2.13. The number of nitrogen functional groups attached to an aromatic ring is 2. The van der Waals surface area contributed by atoms with Gasteiger partial charge in [0.25, 0.3) is 5.56 Å². The third kappa shape index (κ3) is 3.16. The molecule has 10 nitrogen and oxygen atoms in total. The first-order valence-corrected chi connectivity index (χ1v) is 6.69. The molecule has 23 heavy (non-hydrogen) atoms. The molecule has 0 radical (unpaired) electrons. The van der Waals surface area contributed by atoms with Gasteiger partial charge in [0.15, 0.2) is 5.82 Å². The third-order valence-corrected chi connectivity index (χ3v) is 3.06. The number of amidine groups is 1. The highest BCUT2D eigenvalue weighted by molar-refractivity contribution is 5.98. The Morgan fingerprint density at radius 2 is 2.22 bits per heavy atom. The number of anilines is 2. The number of hydrazine groups is 1. The van der Waals surface area contributed by atoms with Gasteiger partial charge in [-0.15, -0.1) is 0 Å². The first-order valence-electron chi connectivity index (χ1n) is 6.69. The highest BCUT2D eigenvalue weighted by Crippen LogP contribution is 2.29. The van der Waals surface area contributed by atoms with E-state index in [4.69, 9.17) is 27.9 Å². The number of nitrogens with zero attached hydrogens (tertiary/aromatic N) is 2. The van der Waals surface area contributed by atoms with Crippen LogP contribution in [0.2, 0.25) is 0 Å². The molecule has 0 saturated carbocycles. The second-order valence-electron chi connectivity index (χ2n) is 4.48. The van der Waals surface area contributed by atoms with Gasteiger partial charge in [0.1, 0.15) is 23.1 Å². The van der Waals surface area contributed by atoms with Gasteiger partial charge >= 0.3 is 0 Å². The van der Waals surface area contributed by atoms with Gasteiger partial charge in [-0.25, -0.2) is 10.8 Å². The minimum Gasteiger partial charge on any atom is -0.493 e. The zero-order valence-electron chi connectivity index (χ0n) is 12.5. The summed E-state index contributed by atoms with van der Waals surface area (Å²) in [6, 6.07) is 5.00. The standard InChI is InChI=1S/C13H18N8O2/c1-2-23-8-5-6(10(15)20-16)3-4-7(8)11-18-12(21-17)9(14)13(22)19-11/h3-5H,2,14,16-17H2,1H3,(H2,15,20)(H2,18,19,21,22). The van der Waals surface area contributed by atoms with Gasteiger partial charge in [-0.3, -0.25) is 4.79 Å². The summed E-state index contributed by atoms with van der Waals surface area (Å²) >= 11 is 0. The van der Waals surface area contributed by atoms with E-state index in [1.165, 1.54) is 0 Å². The Hall–Kier alpha value is -3.27. The molecule has 1 aromatic carbocycles. The van der Waals surface area contributed by atoms with Gasteiger partial charge in [-0.1, -0.05) is 6.07 Å². The first kappa shape index (κ1) is 16.1. The van der Waals surface area contributed by atoms with Crippen LogP contribution >= 0.6 is 0 Å². The molecule has 0 bridgehead atoms. The average Bonchev–Trinajstić information content (AvgIpc) is 2.56. The van der Waals surface area contributed by atoms with Crippen LogP contribution < -0.4 is 38.9 Å². The topological polar surface area (TPSA) is 183 Å². The molecule has 1 heterocycles. The van der Waals surface area contributed by atoms with Crippen molar-refractivity contribution in [2.75, 3.05) is 17.8 Å². The van der Waals surface area contributed by atoms with Gasteiger partial charge in [0.05, 0.1) is 12.2 Å². The van der Waals surface area contributed by atoms with Gasteiger partial charge in [-0.05, 0) is 19.1 Å². The highest BCUT2D eigenvalue weighted by Gasteiger charge is 2.14. The fourth-order valence-corrected chi connectivity index (χ4v) is 1.95. The number of hydrazone groups is 1. The van der Waals surface area contributed by atoms with E-state index >= 15 is 0 Å². The molecule has 0 unspecified atom stereocenters. The normalized spacial score (nSPS) is 11.3. The number of rotatable bonds is 5. The van der Waals surface area contributed by atoms with E-state index in [0.717, 1.165) is 0 Å². The van der Waals surface area contributed by atoms with Gasteiger partial charge < -0.3 is 32.5 Å². The van der Waals surface area contributed by atoms with Crippen molar-refractivity contribution in [1.29, 1.82) is 0 Å². The lowest BCUT2D eigenvalue weighted by atomic mass is 10.1. The monoisotopic (exact) mass is 318 g/mol. The smallest absolute Gasteiger partial charge is 0.276 e. The number of nitrogens with two attached hydrogens (primary N) is 4. The Morgan fingerprint density at radius 3 is 2.83 bits per heavy atom. The lowest BCUT2D eigenvalue weighted by molar-refractivity contribution is 0.341. The van der Waals surface area contributed by atoms with E-state index in [1.54, 1.807) is 18.2 Å². The Bertz CT molecular complexity index is 799. The van der Waals surface area contributed by atoms with Crippen LogP contribution in [0.1, 0.15) is 12.5 Å². The minimum absolute atomic E-state index is 0.0679. The summed E-state index contributed by atoms with van der Waals surface area (Å²) in [6.07, 6.45) is 0. The van der Waals surface area contributed by atoms with E-state index in [-0.39, 0.29) is 23.2 Å². The van der Waals surface area contributed by atoms with Crippen LogP contribution in [0.3, 0.4) is 0 Å². The molecule has 0 saturated heterocycles. The van der Waals surface area contributed by atoms with E-state index in [9.17, 15) is 4.79 Å². The van der Waals surface area contributed by atoms with Crippen molar-refractivity contribution in [2.24, 2.45) is 22.5 Å². The van der Waals surface area contributed by atoms with Gasteiger partial charge in [0.2, 0.25) is 0 Å². The summed E-state index contributed by atoms with van der Waals surface area (Å²) in [7, 11) is 0. The van der Waals surface area contributed by atoms with Crippen LogP contribution in [0.15, 0.2) is 28.1 Å².